The van der Waals surface area contributed by atoms with Gasteiger partial charge in [0, 0.05) is 18.0 Å². The van der Waals surface area contributed by atoms with Gasteiger partial charge in [-0.15, -0.1) is 0 Å². The summed E-state index contributed by atoms with van der Waals surface area (Å²) in [5.74, 6) is -1.48. The Morgan fingerprint density at radius 3 is 2.20 bits per heavy atom. The number of nitrogens with zero attached hydrogens (tertiary/aromatic N) is 2. The van der Waals surface area contributed by atoms with Gasteiger partial charge < -0.3 is 10.4 Å². The largest absolute Gasteiger partial charge is 0.478 e. The average molecular weight is 395 g/mol. The summed E-state index contributed by atoms with van der Waals surface area (Å²) >= 11 is 0. The van der Waals surface area contributed by atoms with Crippen molar-refractivity contribution in [3.63, 3.8) is 0 Å². The molecule has 4 aromatic rings. The molecule has 3 aromatic carbocycles. The van der Waals surface area contributed by atoms with Gasteiger partial charge >= 0.3 is 5.97 Å². The Bertz CT molecular complexity index is 1270. The Morgan fingerprint density at radius 1 is 0.800 bits per heavy atom. The van der Waals surface area contributed by atoms with Crippen molar-refractivity contribution >= 4 is 40.7 Å². The van der Waals surface area contributed by atoms with Gasteiger partial charge in [-0.25, -0.2) is 4.79 Å². The molecule has 146 valence electrons. The number of aromatic nitrogens is 2. The predicted molar refractivity (Wildman–Crippen MR) is 116 cm³/mol. The molecule has 1 aromatic heterocycles. The number of carbonyl (C=O) groups excluding carboxylic acids is 1. The molecule has 0 aliphatic heterocycles. The van der Waals surface area contributed by atoms with Crippen molar-refractivity contribution in [3.05, 3.63) is 101 Å². The van der Waals surface area contributed by atoms with Crippen LogP contribution in [0.4, 0.5) is 5.69 Å². The molecule has 0 saturated carbocycles. The first-order chi connectivity index (χ1) is 14.6. The number of hydrogen-bond donors (Lipinski definition) is 2. The van der Waals surface area contributed by atoms with Gasteiger partial charge in [0.15, 0.2) is 0 Å². The van der Waals surface area contributed by atoms with Crippen LogP contribution in [0.15, 0.2) is 79.1 Å². The van der Waals surface area contributed by atoms with Crippen LogP contribution in [0.1, 0.15) is 31.8 Å². The fraction of sp³-hybridized carbons (Fsp3) is 0. The summed E-state index contributed by atoms with van der Waals surface area (Å²) in [6.07, 6.45) is 7.03. The molecule has 6 nitrogen and oxygen atoms in total. The first-order valence-corrected chi connectivity index (χ1v) is 9.23. The number of carboxylic acid groups (broad SMARTS) is 1. The summed E-state index contributed by atoms with van der Waals surface area (Å²) in [6.45, 7) is 0. The number of benzene rings is 3. The van der Waals surface area contributed by atoms with E-state index in [1.807, 2.05) is 36.4 Å². The normalized spacial score (nSPS) is 10.9. The molecule has 0 fully saturated rings. The third kappa shape index (κ3) is 4.23. The Labute approximate surface area is 172 Å². The van der Waals surface area contributed by atoms with E-state index in [1.54, 1.807) is 48.8 Å². The summed E-state index contributed by atoms with van der Waals surface area (Å²) in [7, 11) is 0. The number of anilines is 1. The summed E-state index contributed by atoms with van der Waals surface area (Å²) < 4.78 is 0. The molecular formula is C24H17N3O3. The average Bonchev–Trinajstić information content (AvgIpc) is 2.78. The number of nitrogens with one attached hydrogen (secondary N) is 1. The quantitative estimate of drug-likeness (QED) is 0.476. The van der Waals surface area contributed by atoms with Crippen molar-refractivity contribution in [3.8, 4) is 0 Å². The van der Waals surface area contributed by atoms with E-state index >= 15 is 0 Å². The zero-order valence-electron chi connectivity index (χ0n) is 15.8. The molecule has 1 amide bonds. The lowest BCUT2D eigenvalue weighted by molar-refractivity contribution is 0.0698. The topological polar surface area (TPSA) is 92.2 Å². The van der Waals surface area contributed by atoms with Gasteiger partial charge in [-0.3, -0.25) is 14.8 Å². The van der Waals surface area contributed by atoms with Crippen molar-refractivity contribution in [1.82, 2.24) is 9.97 Å². The Balaban J connectivity index is 1.62. The van der Waals surface area contributed by atoms with E-state index in [9.17, 15) is 14.7 Å². The smallest absolute Gasteiger partial charge is 0.337 e. The highest BCUT2D eigenvalue weighted by atomic mass is 16.4. The van der Waals surface area contributed by atoms with Crippen LogP contribution in [0.25, 0.3) is 23.2 Å². The maximum absolute atomic E-state index is 12.5. The van der Waals surface area contributed by atoms with Gasteiger partial charge in [-0.1, -0.05) is 42.5 Å². The lowest BCUT2D eigenvalue weighted by Crippen LogP contribution is -2.14. The van der Waals surface area contributed by atoms with E-state index in [-0.39, 0.29) is 17.2 Å². The molecule has 0 saturated heterocycles. The zero-order valence-corrected chi connectivity index (χ0v) is 15.8. The van der Waals surface area contributed by atoms with Crippen LogP contribution in [0.3, 0.4) is 0 Å². The minimum absolute atomic E-state index is 0.0254. The van der Waals surface area contributed by atoms with E-state index in [0.717, 1.165) is 22.2 Å². The molecule has 2 N–H and O–H groups in total. The van der Waals surface area contributed by atoms with Crippen LogP contribution < -0.4 is 5.32 Å². The molecule has 0 bridgehead atoms. The van der Waals surface area contributed by atoms with Crippen LogP contribution in [0.5, 0.6) is 0 Å². The number of carboxylic acids is 1. The SMILES string of the molecule is O=C(Nc1cc(C=Cc2ccc3nccnc3c2)ccc1C(=O)O)c1ccccc1. The van der Waals surface area contributed by atoms with Crippen molar-refractivity contribution in [2.75, 3.05) is 5.32 Å². The van der Waals surface area contributed by atoms with Crippen LogP contribution in [-0.2, 0) is 0 Å². The van der Waals surface area contributed by atoms with E-state index in [0.29, 0.717) is 5.56 Å². The Kier molecular flexibility index (Phi) is 5.30. The predicted octanol–water partition coefficient (Wildman–Crippen LogP) is 4.75. The Hall–Kier alpha value is -4.32. The first kappa shape index (κ1) is 19.0. The fourth-order valence-corrected chi connectivity index (χ4v) is 3.02. The molecule has 0 radical (unpaired) electrons. The minimum atomic E-state index is -1.11. The van der Waals surface area contributed by atoms with Gasteiger partial charge in [-0.05, 0) is 47.5 Å². The van der Waals surface area contributed by atoms with E-state index in [4.69, 9.17) is 0 Å². The highest BCUT2D eigenvalue weighted by Gasteiger charge is 2.14. The molecule has 0 aliphatic carbocycles. The second-order valence-electron chi connectivity index (χ2n) is 6.57. The van der Waals surface area contributed by atoms with E-state index < -0.39 is 5.97 Å². The zero-order chi connectivity index (χ0) is 20.9. The lowest BCUT2D eigenvalue weighted by Gasteiger charge is -2.10. The first-order valence-electron chi connectivity index (χ1n) is 9.23. The molecular weight excluding hydrogens is 378 g/mol. The third-order valence-corrected chi connectivity index (χ3v) is 4.52. The van der Waals surface area contributed by atoms with Crippen molar-refractivity contribution < 1.29 is 14.7 Å². The highest BCUT2D eigenvalue weighted by molar-refractivity contribution is 6.08. The van der Waals surface area contributed by atoms with E-state index in [1.165, 1.54) is 6.07 Å². The molecule has 0 aliphatic rings. The number of aromatic carboxylic acids is 1. The molecule has 4 rings (SSSR count). The fourth-order valence-electron chi connectivity index (χ4n) is 3.02. The van der Waals surface area contributed by atoms with Crippen molar-refractivity contribution in [2.24, 2.45) is 0 Å². The number of hydrogen-bond acceptors (Lipinski definition) is 4. The molecule has 0 spiro atoms. The maximum Gasteiger partial charge on any atom is 0.337 e. The van der Waals surface area contributed by atoms with Crippen molar-refractivity contribution in [2.45, 2.75) is 0 Å². The lowest BCUT2D eigenvalue weighted by atomic mass is 10.1. The summed E-state index contributed by atoms with van der Waals surface area (Å²) in [4.78, 5) is 32.6. The molecule has 1 heterocycles. The van der Waals surface area contributed by atoms with E-state index in [2.05, 4.69) is 15.3 Å². The summed E-state index contributed by atoms with van der Waals surface area (Å²) in [5.41, 5.74) is 4.00. The molecule has 30 heavy (non-hydrogen) atoms. The van der Waals surface area contributed by atoms with Crippen molar-refractivity contribution in [1.29, 1.82) is 0 Å². The molecule has 0 unspecified atom stereocenters. The minimum Gasteiger partial charge on any atom is -0.478 e. The number of carbonyl (C=O) groups is 2. The second kappa shape index (κ2) is 8.36. The van der Waals surface area contributed by atoms with Gasteiger partial charge in [-0.2, -0.15) is 0 Å². The van der Waals surface area contributed by atoms with Crippen LogP contribution in [0.2, 0.25) is 0 Å². The van der Waals surface area contributed by atoms with Gasteiger partial charge in [0.25, 0.3) is 5.91 Å². The standard InChI is InChI=1S/C24H17N3O3/c28-23(18-4-2-1-3-5-18)27-21-14-16(8-10-19(21)24(29)30)6-7-17-9-11-20-22(15-17)26-13-12-25-20/h1-15H,(H,27,28)(H,29,30). The van der Waals surface area contributed by atoms with Crippen LogP contribution >= 0.6 is 0 Å². The van der Waals surface area contributed by atoms with Gasteiger partial charge in [0.2, 0.25) is 0 Å². The molecule has 6 heteroatoms. The monoisotopic (exact) mass is 395 g/mol. The molecule has 0 atom stereocenters. The maximum atomic E-state index is 12.5. The number of rotatable bonds is 5. The van der Waals surface area contributed by atoms with Crippen LogP contribution in [0, 0.1) is 0 Å². The van der Waals surface area contributed by atoms with Gasteiger partial charge in [0.05, 0.1) is 22.3 Å². The highest BCUT2D eigenvalue weighted by Crippen LogP contribution is 2.21. The van der Waals surface area contributed by atoms with Gasteiger partial charge in [0.1, 0.15) is 0 Å². The summed E-state index contributed by atoms with van der Waals surface area (Å²) in [6, 6.07) is 19.2. The Morgan fingerprint density at radius 2 is 1.47 bits per heavy atom. The summed E-state index contributed by atoms with van der Waals surface area (Å²) in [5, 5.41) is 12.2. The number of fused-ring (bicyclic) bond motifs is 1. The van der Waals surface area contributed by atoms with Crippen LogP contribution in [-0.4, -0.2) is 27.0 Å². The number of amides is 1. The second-order valence-corrected chi connectivity index (χ2v) is 6.57. The third-order valence-electron chi connectivity index (χ3n) is 4.52.